The van der Waals surface area contributed by atoms with Crippen LogP contribution in [-0.2, 0) is 9.63 Å². The van der Waals surface area contributed by atoms with Gasteiger partial charge in [-0.15, -0.1) is 0 Å². The molecule has 0 rings (SSSR count). The smallest absolute Gasteiger partial charge is 0.277 e. The number of carbonyl (C=O) groups excluding carboxylic acids is 1. The molecule has 0 atom stereocenters. The minimum Gasteiger partial charge on any atom is -0.355 e. The zero-order valence-corrected chi connectivity index (χ0v) is 3.05. The first-order valence-electron chi connectivity index (χ1n) is 1.25. The van der Waals surface area contributed by atoms with Gasteiger partial charge in [0, 0.05) is 5.16 Å². The van der Waals surface area contributed by atoms with Gasteiger partial charge < -0.3 is 4.84 Å². The number of hydrogen-bond acceptors (Lipinski definition) is 3. The fourth-order valence-corrected chi connectivity index (χ4v) is 0.0588. The molecule has 0 aromatic rings. The van der Waals surface area contributed by atoms with Crippen LogP contribution in [0.3, 0.4) is 0 Å². The van der Waals surface area contributed by atoms with Crippen molar-refractivity contribution in [2.45, 2.75) is 0 Å². The SMILES string of the molecule is C=CON=C=O. The van der Waals surface area contributed by atoms with Crippen LogP contribution in [0.5, 0.6) is 0 Å². The van der Waals surface area contributed by atoms with Crippen molar-refractivity contribution in [2.24, 2.45) is 5.16 Å². The van der Waals surface area contributed by atoms with Gasteiger partial charge >= 0.3 is 0 Å². The van der Waals surface area contributed by atoms with Crippen LogP contribution in [0.25, 0.3) is 0 Å². The number of nitrogens with zero attached hydrogens (tertiary/aromatic N) is 1. The molecule has 0 bridgehead atoms. The first-order valence-corrected chi connectivity index (χ1v) is 1.25. The lowest BCUT2D eigenvalue weighted by Gasteiger charge is -1.71. The van der Waals surface area contributed by atoms with Crippen molar-refractivity contribution in [3.8, 4) is 0 Å². The number of hydrogen-bond donors (Lipinski definition) is 0. The maximum Gasteiger partial charge on any atom is 0.277 e. The lowest BCUT2D eigenvalue weighted by atomic mass is 11.2. The fraction of sp³-hybridized carbons (Fsp3) is 0. The first kappa shape index (κ1) is 4.92. The Kier molecular flexibility index (Phi) is 3.21. The Balaban J connectivity index is 3.07. The van der Waals surface area contributed by atoms with E-state index in [4.69, 9.17) is 4.79 Å². The largest absolute Gasteiger partial charge is 0.355 e. The van der Waals surface area contributed by atoms with Crippen LogP contribution in [0.1, 0.15) is 0 Å². The van der Waals surface area contributed by atoms with Crippen LogP contribution in [-0.4, -0.2) is 6.08 Å². The Morgan fingerprint density at radius 2 is 2.67 bits per heavy atom. The zero-order chi connectivity index (χ0) is 4.83. The van der Waals surface area contributed by atoms with E-state index in [2.05, 4.69) is 16.6 Å². The molecule has 0 aliphatic heterocycles. The highest BCUT2D eigenvalue weighted by Gasteiger charge is 1.54. The normalized spacial score (nSPS) is 5.33. The van der Waals surface area contributed by atoms with Gasteiger partial charge in [0.25, 0.3) is 6.08 Å². The monoisotopic (exact) mass is 85.0 g/mol. The second-order valence-corrected chi connectivity index (χ2v) is 0.455. The lowest BCUT2D eigenvalue weighted by Crippen LogP contribution is -1.57. The molecule has 3 heteroatoms. The van der Waals surface area contributed by atoms with E-state index in [9.17, 15) is 0 Å². The van der Waals surface area contributed by atoms with Gasteiger partial charge in [-0.2, -0.15) is 0 Å². The summed E-state index contributed by atoms with van der Waals surface area (Å²) >= 11 is 0. The van der Waals surface area contributed by atoms with E-state index in [1.54, 1.807) is 0 Å². The molecule has 32 valence electrons. The molecule has 0 N–H and O–H groups in total. The Morgan fingerprint density at radius 3 is 2.83 bits per heavy atom. The fourth-order valence-electron chi connectivity index (χ4n) is 0.0588. The summed E-state index contributed by atoms with van der Waals surface area (Å²) in [4.78, 5) is 13.0. The quantitative estimate of drug-likeness (QED) is 0.210. The zero-order valence-electron chi connectivity index (χ0n) is 3.05. The van der Waals surface area contributed by atoms with E-state index in [0.29, 0.717) is 0 Å². The molecule has 0 unspecified atom stereocenters. The summed E-state index contributed by atoms with van der Waals surface area (Å²) in [7, 11) is 0. The van der Waals surface area contributed by atoms with E-state index >= 15 is 0 Å². The Bertz CT molecular complexity index is 82.8. The molecule has 0 aliphatic rings. The molecule has 0 aromatic carbocycles. The molecule has 3 nitrogen and oxygen atoms in total. The van der Waals surface area contributed by atoms with E-state index in [1.165, 1.54) is 0 Å². The van der Waals surface area contributed by atoms with E-state index in [1.807, 2.05) is 0 Å². The summed E-state index contributed by atoms with van der Waals surface area (Å²) in [5.74, 6) is 0. The molecule has 0 fully saturated rings. The van der Waals surface area contributed by atoms with Crippen molar-refractivity contribution >= 4 is 6.08 Å². The van der Waals surface area contributed by atoms with Gasteiger partial charge in [0.05, 0.1) is 0 Å². The molecule has 0 spiro atoms. The van der Waals surface area contributed by atoms with E-state index in [-0.39, 0.29) is 0 Å². The van der Waals surface area contributed by atoms with Crippen LogP contribution in [0.15, 0.2) is 18.0 Å². The van der Waals surface area contributed by atoms with Gasteiger partial charge in [0.2, 0.25) is 0 Å². The summed E-state index contributed by atoms with van der Waals surface area (Å²) in [5, 5.41) is 2.67. The Labute approximate surface area is 34.9 Å². The average Bonchev–Trinajstić information content (AvgIpc) is 1.61. The van der Waals surface area contributed by atoms with Crippen molar-refractivity contribution in [3.05, 3.63) is 12.8 Å². The molecule has 6 heavy (non-hydrogen) atoms. The van der Waals surface area contributed by atoms with Crippen LogP contribution >= 0.6 is 0 Å². The third-order valence-corrected chi connectivity index (χ3v) is 0.165. The van der Waals surface area contributed by atoms with Gasteiger partial charge in [-0.1, -0.05) is 6.58 Å². The van der Waals surface area contributed by atoms with Crippen molar-refractivity contribution in [1.29, 1.82) is 0 Å². The minimum atomic E-state index is 1.03. The minimum absolute atomic E-state index is 1.03. The summed E-state index contributed by atoms with van der Waals surface area (Å²) in [6.45, 7) is 3.10. The number of rotatable bonds is 2. The average molecular weight is 85.1 g/mol. The second-order valence-electron chi connectivity index (χ2n) is 0.455. The highest BCUT2D eigenvalue weighted by molar-refractivity contribution is 5.31. The molecule has 0 heterocycles. The highest BCUT2D eigenvalue weighted by atomic mass is 16.6. The molecule has 0 aliphatic carbocycles. The van der Waals surface area contributed by atoms with Crippen molar-refractivity contribution in [2.75, 3.05) is 0 Å². The summed E-state index contributed by atoms with van der Waals surface area (Å²) < 4.78 is 0. The first-order chi connectivity index (χ1) is 2.91. The van der Waals surface area contributed by atoms with Crippen molar-refractivity contribution in [3.63, 3.8) is 0 Å². The molecular weight excluding hydrogens is 82.0 g/mol. The van der Waals surface area contributed by atoms with Crippen molar-refractivity contribution in [1.82, 2.24) is 0 Å². The van der Waals surface area contributed by atoms with Gasteiger partial charge in [-0.05, 0) is 0 Å². The molecule has 0 amide bonds. The van der Waals surface area contributed by atoms with Gasteiger partial charge in [-0.3, -0.25) is 0 Å². The van der Waals surface area contributed by atoms with Crippen LogP contribution < -0.4 is 0 Å². The van der Waals surface area contributed by atoms with Crippen LogP contribution in [0, 0.1) is 0 Å². The lowest BCUT2D eigenvalue weighted by molar-refractivity contribution is 0.267. The van der Waals surface area contributed by atoms with Gasteiger partial charge in [0.15, 0.2) is 0 Å². The summed E-state index contributed by atoms with van der Waals surface area (Å²) in [6.07, 6.45) is 2.18. The van der Waals surface area contributed by atoms with Crippen molar-refractivity contribution < 1.29 is 9.63 Å². The molecule has 0 aromatic heterocycles. The Morgan fingerprint density at radius 1 is 2.00 bits per heavy atom. The summed E-state index contributed by atoms with van der Waals surface area (Å²) in [6, 6.07) is 0. The van der Waals surface area contributed by atoms with Crippen LogP contribution in [0.4, 0.5) is 0 Å². The number of isocyanates is 1. The predicted octanol–water partition coefficient (Wildman–Crippen LogP) is 0.397. The summed E-state index contributed by atoms with van der Waals surface area (Å²) in [5.41, 5.74) is 0. The van der Waals surface area contributed by atoms with Crippen LogP contribution in [0.2, 0.25) is 0 Å². The molecule has 0 saturated heterocycles. The highest BCUT2D eigenvalue weighted by Crippen LogP contribution is 1.65. The van der Waals surface area contributed by atoms with Gasteiger partial charge in [0.1, 0.15) is 6.26 Å². The molecule has 0 saturated carbocycles. The van der Waals surface area contributed by atoms with E-state index in [0.717, 1.165) is 12.3 Å². The van der Waals surface area contributed by atoms with E-state index < -0.39 is 0 Å². The van der Waals surface area contributed by atoms with Gasteiger partial charge in [-0.25, -0.2) is 4.79 Å². The molecular formula is C3H3NO2. The Hall–Kier alpha value is -1.08. The third kappa shape index (κ3) is 2.92. The second kappa shape index (κ2) is 3.92. The maximum atomic E-state index is 9.10. The predicted molar refractivity (Wildman–Crippen MR) is 19.4 cm³/mol. The topological polar surface area (TPSA) is 38.7 Å². The standard InChI is InChI=1S/C3H3NO2/c1-2-6-4-3-5/h2H,1H2. The maximum absolute atomic E-state index is 9.10. The molecule has 0 radical (unpaired) electrons. The third-order valence-electron chi connectivity index (χ3n) is 0.165.